The Bertz CT molecular complexity index is 2730. The van der Waals surface area contributed by atoms with E-state index in [1.54, 1.807) is 5.57 Å². The van der Waals surface area contributed by atoms with Gasteiger partial charge in [0, 0.05) is 35.0 Å². The number of nitrogens with zero attached hydrogens (tertiary/aromatic N) is 2. The summed E-state index contributed by atoms with van der Waals surface area (Å²) in [7, 11) is 0. The lowest BCUT2D eigenvalue weighted by molar-refractivity contribution is 0.828. The summed E-state index contributed by atoms with van der Waals surface area (Å²) < 4.78 is 0. The van der Waals surface area contributed by atoms with Gasteiger partial charge in [-0.15, -0.1) is 0 Å². The van der Waals surface area contributed by atoms with Crippen LogP contribution >= 0.6 is 0 Å². The average molecular weight is 697 g/mol. The Hall–Kier alpha value is -6.12. The minimum absolute atomic E-state index is 0.806. The Morgan fingerprint density at radius 1 is 0.574 bits per heavy atom. The Balaban J connectivity index is 1.22. The van der Waals surface area contributed by atoms with Crippen molar-refractivity contribution in [1.82, 2.24) is 0 Å². The van der Waals surface area contributed by atoms with Gasteiger partial charge in [0.2, 0.25) is 0 Å². The van der Waals surface area contributed by atoms with Gasteiger partial charge in [-0.05, 0) is 153 Å². The largest absolute Gasteiger partial charge is 0.337 e. The highest BCUT2D eigenvalue weighted by Gasteiger charge is 2.24. The van der Waals surface area contributed by atoms with Gasteiger partial charge in [0.15, 0.2) is 0 Å². The molecule has 262 valence electrons. The summed E-state index contributed by atoms with van der Waals surface area (Å²) in [4.78, 5) is 5.07. The molecule has 54 heavy (non-hydrogen) atoms. The van der Waals surface area contributed by atoms with Crippen LogP contribution in [0.5, 0.6) is 0 Å². The second kappa shape index (κ2) is 13.7. The third kappa shape index (κ3) is 5.56. The number of hydrogen-bond acceptors (Lipinski definition) is 2. The third-order valence-electron chi connectivity index (χ3n) is 11.9. The fraction of sp³-hybridized carbons (Fsp3) is 0.154. The fourth-order valence-corrected chi connectivity index (χ4v) is 9.35. The van der Waals surface area contributed by atoms with Crippen molar-refractivity contribution < 1.29 is 0 Å². The van der Waals surface area contributed by atoms with Gasteiger partial charge >= 0.3 is 0 Å². The van der Waals surface area contributed by atoms with Crippen LogP contribution in [0.4, 0.5) is 22.7 Å². The summed E-state index contributed by atoms with van der Waals surface area (Å²) in [5.41, 5.74) is 14.8. The third-order valence-corrected chi connectivity index (χ3v) is 11.9. The molecular weight excluding hydrogens is 653 g/mol. The van der Waals surface area contributed by atoms with Crippen molar-refractivity contribution in [1.29, 1.82) is 0 Å². The molecule has 2 heteroatoms. The fourth-order valence-electron chi connectivity index (χ4n) is 9.35. The second-order valence-electron chi connectivity index (χ2n) is 14.9. The molecule has 2 heterocycles. The zero-order valence-corrected chi connectivity index (χ0v) is 30.9. The molecule has 0 N–H and O–H groups in total. The first-order valence-electron chi connectivity index (χ1n) is 19.7. The van der Waals surface area contributed by atoms with Gasteiger partial charge in [-0.3, -0.25) is 0 Å². The number of para-hydroxylation sites is 3. The van der Waals surface area contributed by atoms with Gasteiger partial charge in [-0.1, -0.05) is 121 Å². The number of allylic oxidation sites excluding steroid dienone is 3. The quantitative estimate of drug-likeness (QED) is 0.181. The Kier molecular flexibility index (Phi) is 8.25. The summed E-state index contributed by atoms with van der Waals surface area (Å²) in [6.45, 7) is 3.02. The molecule has 0 atom stereocenters. The topological polar surface area (TPSA) is 6.48 Å². The molecule has 7 aromatic rings. The average Bonchev–Trinajstić information content (AvgIpc) is 3.50. The van der Waals surface area contributed by atoms with E-state index in [4.69, 9.17) is 0 Å². The summed E-state index contributed by atoms with van der Waals surface area (Å²) in [6.07, 6.45) is 16.1. The molecule has 0 radical (unpaired) electrons. The van der Waals surface area contributed by atoms with Crippen molar-refractivity contribution >= 4 is 56.4 Å². The van der Waals surface area contributed by atoms with Crippen molar-refractivity contribution in [3.8, 4) is 11.1 Å². The standard InChI is InChI=1S/C52H44N2/c1-2-44-42(32-33-53-48-22-9-4-15-37(48)26-27-38-16-5-10-23-49(38)53)34-41-30-31-43(35-47(41)52(44)46-21-13-19-36-14-3-8-20-45(36)46)54-50-24-11-6-17-39(50)28-29-40-18-7-12-25-51(40)54/h2-4,6-15,17-25,30-32,34-35H,5,16,26-29,33H2,1H3/b42-32-,44-2+. The van der Waals surface area contributed by atoms with E-state index in [0.29, 0.717) is 0 Å². The lowest BCUT2D eigenvalue weighted by atomic mass is 9.90. The van der Waals surface area contributed by atoms with E-state index in [1.165, 1.54) is 88.2 Å². The summed E-state index contributed by atoms with van der Waals surface area (Å²) >= 11 is 0. The zero-order valence-electron chi connectivity index (χ0n) is 30.9. The number of benzene rings is 7. The van der Waals surface area contributed by atoms with Crippen LogP contribution in [0.2, 0.25) is 0 Å². The Morgan fingerprint density at radius 2 is 1.24 bits per heavy atom. The number of hydrogen-bond donors (Lipinski definition) is 0. The molecule has 0 fully saturated rings. The van der Waals surface area contributed by atoms with Crippen LogP contribution in [0.15, 0.2) is 163 Å². The van der Waals surface area contributed by atoms with Crippen LogP contribution in [-0.2, 0) is 19.3 Å². The summed E-state index contributed by atoms with van der Waals surface area (Å²) in [6, 6.07) is 52.2. The van der Waals surface area contributed by atoms with E-state index in [0.717, 1.165) is 45.1 Å². The molecule has 0 unspecified atom stereocenters. The lowest BCUT2D eigenvalue weighted by Gasteiger charge is -2.28. The number of anilines is 4. The highest BCUT2D eigenvalue weighted by molar-refractivity contribution is 6.07. The normalized spacial score (nSPS) is 15.9. The molecule has 0 saturated carbocycles. The molecule has 0 bridgehead atoms. The van der Waals surface area contributed by atoms with Gasteiger partial charge in [0.05, 0.1) is 0 Å². The SMILES string of the molecule is C/C=c1/c(-c2cccc3ccccc23)c2cc(N3c4ccccc4CCc4ccccc43)ccc2c/c1=C/CN1C2=C(CCC=C2)CCc2ccccc21. The van der Waals surface area contributed by atoms with Crippen LogP contribution in [0, 0.1) is 0 Å². The smallest absolute Gasteiger partial charge is 0.0493 e. The number of rotatable bonds is 4. The van der Waals surface area contributed by atoms with Gasteiger partial charge in [-0.25, -0.2) is 0 Å². The molecule has 7 aromatic carbocycles. The number of aryl methyl sites for hydroxylation is 3. The predicted octanol–water partition coefficient (Wildman–Crippen LogP) is 11.9. The molecule has 0 amide bonds. The predicted molar refractivity (Wildman–Crippen MR) is 230 cm³/mol. The summed E-state index contributed by atoms with van der Waals surface area (Å²) in [5.74, 6) is 0. The van der Waals surface area contributed by atoms with Crippen molar-refractivity contribution in [2.45, 2.75) is 45.4 Å². The van der Waals surface area contributed by atoms with Crippen LogP contribution in [-0.4, -0.2) is 6.54 Å². The van der Waals surface area contributed by atoms with Crippen molar-refractivity contribution in [3.05, 3.63) is 190 Å². The molecular formula is C52H44N2. The van der Waals surface area contributed by atoms with E-state index in [-0.39, 0.29) is 0 Å². The maximum atomic E-state index is 2.58. The van der Waals surface area contributed by atoms with Crippen LogP contribution < -0.4 is 20.2 Å². The Labute approximate surface area is 318 Å². The van der Waals surface area contributed by atoms with Crippen LogP contribution in [0.3, 0.4) is 0 Å². The molecule has 0 spiro atoms. The van der Waals surface area contributed by atoms with E-state index in [9.17, 15) is 0 Å². The van der Waals surface area contributed by atoms with Crippen molar-refractivity contribution in [2.75, 3.05) is 16.3 Å². The monoisotopic (exact) mass is 696 g/mol. The first kappa shape index (κ1) is 32.5. The van der Waals surface area contributed by atoms with E-state index in [1.807, 2.05) is 0 Å². The molecule has 10 rings (SSSR count). The van der Waals surface area contributed by atoms with Crippen molar-refractivity contribution in [3.63, 3.8) is 0 Å². The molecule has 0 aromatic heterocycles. The molecule has 3 aliphatic rings. The zero-order chi connectivity index (χ0) is 36.0. The molecule has 0 saturated heterocycles. The van der Waals surface area contributed by atoms with E-state index < -0.39 is 0 Å². The second-order valence-corrected chi connectivity index (χ2v) is 14.9. The highest BCUT2D eigenvalue weighted by Crippen LogP contribution is 2.43. The number of fused-ring (bicyclic) bond motifs is 5. The van der Waals surface area contributed by atoms with Gasteiger partial charge in [0.25, 0.3) is 0 Å². The van der Waals surface area contributed by atoms with Gasteiger partial charge in [-0.2, -0.15) is 0 Å². The maximum Gasteiger partial charge on any atom is 0.0493 e. The lowest BCUT2D eigenvalue weighted by Crippen LogP contribution is -2.31. The van der Waals surface area contributed by atoms with E-state index >= 15 is 0 Å². The highest BCUT2D eigenvalue weighted by atomic mass is 15.2. The maximum absolute atomic E-state index is 2.58. The minimum atomic E-state index is 0.806. The minimum Gasteiger partial charge on any atom is -0.337 e. The molecule has 2 nitrogen and oxygen atoms in total. The van der Waals surface area contributed by atoms with Crippen molar-refractivity contribution in [2.24, 2.45) is 0 Å². The molecule has 1 aliphatic carbocycles. The first-order valence-corrected chi connectivity index (χ1v) is 19.7. The first-order chi connectivity index (χ1) is 26.7. The van der Waals surface area contributed by atoms with Crippen LogP contribution in [0.1, 0.15) is 42.9 Å². The van der Waals surface area contributed by atoms with E-state index in [2.05, 4.69) is 181 Å². The van der Waals surface area contributed by atoms with Gasteiger partial charge in [0.1, 0.15) is 0 Å². The molecule has 2 aliphatic heterocycles. The summed E-state index contributed by atoms with van der Waals surface area (Å²) in [5, 5.41) is 7.62. The van der Waals surface area contributed by atoms with Crippen LogP contribution in [0.25, 0.3) is 44.8 Å². The van der Waals surface area contributed by atoms with Gasteiger partial charge < -0.3 is 9.80 Å². The Morgan fingerprint density at radius 3 is 2.02 bits per heavy atom.